The maximum Gasteiger partial charge on any atom is 0.130 e. The molecule has 3 nitrogen and oxygen atoms in total. The molecule has 1 heterocycles. The second kappa shape index (κ2) is 4.79. The summed E-state index contributed by atoms with van der Waals surface area (Å²) in [6.45, 7) is 0. The van der Waals surface area contributed by atoms with Crippen LogP contribution in [-0.2, 0) is 6.42 Å². The molecule has 2 aromatic carbocycles. The molecular weight excluding hydrogens is 204 g/mol. The van der Waals surface area contributed by atoms with Crippen molar-refractivity contribution in [1.29, 1.82) is 0 Å². The molecule has 2 aromatic rings. The van der Waals surface area contributed by atoms with Gasteiger partial charge in [0.1, 0.15) is 11.5 Å². The molecule has 1 aliphatic rings. The van der Waals surface area contributed by atoms with Gasteiger partial charge in [0, 0.05) is 6.42 Å². The van der Waals surface area contributed by atoms with Gasteiger partial charge in [0.25, 0.3) is 0 Å². The third-order valence-corrected chi connectivity index (χ3v) is 2.55. The van der Waals surface area contributed by atoms with Crippen LogP contribution >= 0.6 is 0 Å². The predicted molar refractivity (Wildman–Crippen MR) is 61.0 cm³/mol. The maximum atomic E-state index is 6.00. The molecule has 82 valence electrons. The summed E-state index contributed by atoms with van der Waals surface area (Å²) in [7, 11) is 0. The molecule has 0 amide bonds. The highest BCUT2D eigenvalue weighted by Gasteiger charge is 2.14. The highest BCUT2D eigenvalue weighted by atomic mass is 17.0. The first kappa shape index (κ1) is 10.7. The Morgan fingerprint density at radius 2 is 1.19 bits per heavy atom. The highest BCUT2D eigenvalue weighted by molar-refractivity contribution is 5.49. The van der Waals surface area contributed by atoms with Crippen molar-refractivity contribution >= 4 is 0 Å². The van der Waals surface area contributed by atoms with Gasteiger partial charge in [-0.15, -0.1) is 0 Å². The zero-order valence-electron chi connectivity index (χ0n) is 8.63. The van der Waals surface area contributed by atoms with Crippen molar-refractivity contribution in [1.82, 2.24) is 0 Å². The smallest absolute Gasteiger partial charge is 0.130 e. The van der Waals surface area contributed by atoms with E-state index in [9.17, 15) is 0 Å². The predicted octanol–water partition coefficient (Wildman–Crippen LogP) is 3.40. The van der Waals surface area contributed by atoms with Gasteiger partial charge in [-0.25, -0.2) is 0 Å². The summed E-state index contributed by atoms with van der Waals surface area (Å²) in [5, 5.41) is 12.0. The minimum atomic E-state index is 0.979. The Kier molecular flexibility index (Phi) is 3.19. The fourth-order valence-corrected chi connectivity index (χ4v) is 1.82. The van der Waals surface area contributed by atoms with E-state index in [0.29, 0.717) is 0 Å². The largest absolute Gasteiger partial charge is 0.457 e. The number of hydrogen-bond donors (Lipinski definition) is 2. The number of hydrogen-bond acceptors (Lipinski definition) is 3. The van der Waals surface area contributed by atoms with Gasteiger partial charge in [-0.05, 0) is 23.3 Å². The molecule has 0 bridgehead atoms. The van der Waals surface area contributed by atoms with Crippen LogP contribution in [0, 0.1) is 0 Å². The van der Waals surface area contributed by atoms with Gasteiger partial charge >= 0.3 is 0 Å². The van der Waals surface area contributed by atoms with Crippen LogP contribution in [0.15, 0.2) is 48.5 Å². The molecule has 3 rings (SSSR count). The third kappa shape index (κ3) is 1.91. The average molecular weight is 216 g/mol. The lowest BCUT2D eigenvalue weighted by atomic mass is 10.0. The minimum absolute atomic E-state index is 0.979. The van der Waals surface area contributed by atoms with Crippen LogP contribution in [-0.4, -0.2) is 10.5 Å². The Bertz CT molecular complexity index is 393. The van der Waals surface area contributed by atoms with Crippen LogP contribution in [0.3, 0.4) is 0 Å². The fourth-order valence-electron chi connectivity index (χ4n) is 1.82. The molecule has 0 unspecified atom stereocenters. The van der Waals surface area contributed by atoms with Crippen molar-refractivity contribution in [3.05, 3.63) is 59.7 Å². The lowest BCUT2D eigenvalue weighted by Gasteiger charge is -2.19. The molecule has 0 aromatic heterocycles. The van der Waals surface area contributed by atoms with E-state index in [-0.39, 0.29) is 0 Å². The van der Waals surface area contributed by atoms with E-state index in [4.69, 9.17) is 15.3 Å². The number of rotatable bonds is 0. The first-order valence-electron chi connectivity index (χ1n) is 4.97. The lowest BCUT2D eigenvalue weighted by molar-refractivity contribution is -0.176. The molecule has 0 saturated heterocycles. The van der Waals surface area contributed by atoms with Crippen molar-refractivity contribution in [2.75, 3.05) is 0 Å². The third-order valence-electron chi connectivity index (χ3n) is 2.55. The topological polar surface area (TPSA) is 49.7 Å². The van der Waals surface area contributed by atoms with Crippen LogP contribution in [0.2, 0.25) is 0 Å². The average Bonchev–Trinajstić information content (AvgIpc) is 2.38. The Hall–Kier alpha value is -1.84. The van der Waals surface area contributed by atoms with E-state index in [1.807, 2.05) is 24.3 Å². The summed E-state index contributed by atoms with van der Waals surface area (Å²) >= 11 is 0. The van der Waals surface area contributed by atoms with Crippen molar-refractivity contribution in [3.63, 3.8) is 0 Å². The Balaban J connectivity index is 0.000000457. The Labute approximate surface area is 93.5 Å². The van der Waals surface area contributed by atoms with E-state index in [2.05, 4.69) is 24.3 Å². The second-order valence-corrected chi connectivity index (χ2v) is 3.49. The van der Waals surface area contributed by atoms with Gasteiger partial charge in [-0.3, -0.25) is 10.5 Å². The van der Waals surface area contributed by atoms with E-state index in [1.54, 1.807) is 0 Å². The van der Waals surface area contributed by atoms with E-state index < -0.39 is 0 Å². The minimum Gasteiger partial charge on any atom is -0.457 e. The van der Waals surface area contributed by atoms with E-state index in [1.165, 1.54) is 11.1 Å². The summed E-state index contributed by atoms with van der Waals surface area (Å²) in [5.74, 6) is 1.98. The zero-order chi connectivity index (χ0) is 11.4. The molecule has 0 fully saturated rings. The van der Waals surface area contributed by atoms with Crippen molar-refractivity contribution in [3.8, 4) is 11.5 Å². The molecule has 0 spiro atoms. The zero-order valence-corrected chi connectivity index (χ0v) is 8.63. The molecule has 1 aliphatic heterocycles. The summed E-state index contributed by atoms with van der Waals surface area (Å²) < 4.78 is 5.78. The number of fused-ring (bicyclic) bond motifs is 2. The normalized spacial score (nSPS) is 11.4. The summed E-state index contributed by atoms with van der Waals surface area (Å²) in [6.07, 6.45) is 0.979. The van der Waals surface area contributed by atoms with Crippen LogP contribution in [0.5, 0.6) is 11.5 Å². The Morgan fingerprint density at radius 1 is 0.750 bits per heavy atom. The molecule has 3 heteroatoms. The van der Waals surface area contributed by atoms with Crippen molar-refractivity contribution in [2.24, 2.45) is 0 Å². The quantitative estimate of drug-likeness (QED) is 0.447. The second-order valence-electron chi connectivity index (χ2n) is 3.49. The first-order chi connectivity index (χ1) is 7.93. The molecular formula is C13H12O3. The van der Waals surface area contributed by atoms with E-state index >= 15 is 0 Å². The number of benzene rings is 2. The Morgan fingerprint density at radius 3 is 1.69 bits per heavy atom. The number of para-hydroxylation sites is 2. The molecule has 0 aliphatic carbocycles. The van der Waals surface area contributed by atoms with Crippen LogP contribution in [0.25, 0.3) is 0 Å². The maximum absolute atomic E-state index is 6.00. The van der Waals surface area contributed by atoms with Crippen molar-refractivity contribution < 1.29 is 15.3 Å². The van der Waals surface area contributed by atoms with Gasteiger partial charge < -0.3 is 4.74 Å². The van der Waals surface area contributed by atoms with Gasteiger partial charge in [0.2, 0.25) is 0 Å². The summed E-state index contributed by atoms with van der Waals surface area (Å²) in [6, 6.07) is 16.4. The van der Waals surface area contributed by atoms with Gasteiger partial charge in [-0.2, -0.15) is 0 Å². The molecule has 0 radical (unpaired) electrons. The SMILES string of the molecule is OO.c1ccc2c(c1)Cc1ccccc1O2. The number of ether oxygens (including phenoxy) is 1. The molecule has 2 N–H and O–H groups in total. The van der Waals surface area contributed by atoms with Gasteiger partial charge in [0.15, 0.2) is 0 Å². The van der Waals surface area contributed by atoms with Crippen LogP contribution in [0.1, 0.15) is 11.1 Å². The lowest BCUT2D eigenvalue weighted by Crippen LogP contribution is -2.01. The first-order valence-corrected chi connectivity index (χ1v) is 4.97. The van der Waals surface area contributed by atoms with Crippen LogP contribution in [0.4, 0.5) is 0 Å². The van der Waals surface area contributed by atoms with Crippen molar-refractivity contribution in [2.45, 2.75) is 6.42 Å². The highest BCUT2D eigenvalue weighted by Crippen LogP contribution is 2.35. The molecule has 0 atom stereocenters. The summed E-state index contributed by atoms with van der Waals surface area (Å²) in [4.78, 5) is 0. The van der Waals surface area contributed by atoms with E-state index in [0.717, 1.165) is 17.9 Å². The van der Waals surface area contributed by atoms with Gasteiger partial charge in [-0.1, -0.05) is 36.4 Å². The molecule has 0 saturated carbocycles. The summed E-state index contributed by atoms with van der Waals surface area (Å²) in [5.41, 5.74) is 2.54. The van der Waals surface area contributed by atoms with Gasteiger partial charge in [0.05, 0.1) is 0 Å². The fraction of sp³-hybridized carbons (Fsp3) is 0.0769. The standard InChI is InChI=1S/C13H10O.H2O2/c1-3-7-12-10(5-1)9-11-6-2-4-8-13(11)14-12;1-2/h1-8H,9H2;1-2H. The molecule has 16 heavy (non-hydrogen) atoms. The van der Waals surface area contributed by atoms with Crippen LogP contribution < -0.4 is 4.74 Å². The monoisotopic (exact) mass is 216 g/mol.